The molecule has 0 fully saturated rings. The number of ether oxygens (including phenoxy) is 2. The fourth-order valence-electron chi connectivity index (χ4n) is 3.69. The van der Waals surface area contributed by atoms with Crippen molar-refractivity contribution in [1.29, 1.82) is 0 Å². The van der Waals surface area contributed by atoms with E-state index in [-0.39, 0.29) is 37.5 Å². The molecule has 37 heavy (non-hydrogen) atoms. The number of carbonyl (C=O) groups excluding carboxylic acids is 3. The van der Waals surface area contributed by atoms with Crippen LogP contribution in [0.2, 0.25) is 0 Å². The number of hydrogen-bond donors (Lipinski definition) is 2. The quantitative estimate of drug-likeness (QED) is 0.418. The second-order valence-electron chi connectivity index (χ2n) is 8.92. The minimum Gasteiger partial charge on any atom is -0.454 e. The van der Waals surface area contributed by atoms with E-state index in [2.05, 4.69) is 15.6 Å². The van der Waals surface area contributed by atoms with Gasteiger partial charge in [0.1, 0.15) is 12.4 Å². The summed E-state index contributed by atoms with van der Waals surface area (Å²) >= 11 is 1.20. The van der Waals surface area contributed by atoms with Crippen molar-refractivity contribution in [1.82, 2.24) is 15.2 Å². The molecule has 9 nitrogen and oxygen atoms in total. The average Bonchev–Trinajstić information content (AvgIpc) is 3.51. The van der Waals surface area contributed by atoms with Gasteiger partial charge >= 0.3 is 0 Å². The predicted octanol–water partition coefficient (Wildman–Crippen LogP) is 3.61. The first-order chi connectivity index (χ1) is 17.8. The molecule has 2 N–H and O–H groups in total. The molecule has 3 aromatic rings. The van der Waals surface area contributed by atoms with Crippen molar-refractivity contribution in [3.8, 4) is 11.5 Å². The number of amides is 3. The summed E-state index contributed by atoms with van der Waals surface area (Å²) in [4.78, 5) is 43.7. The molecular weight excluding hydrogens is 499 g/mol. The van der Waals surface area contributed by atoms with Gasteiger partial charge in [-0.25, -0.2) is 9.37 Å². The molecule has 0 spiro atoms. The lowest BCUT2D eigenvalue weighted by Crippen LogP contribution is -2.40. The van der Waals surface area contributed by atoms with Crippen molar-refractivity contribution >= 4 is 34.2 Å². The van der Waals surface area contributed by atoms with Gasteiger partial charge in [-0.15, -0.1) is 11.3 Å². The molecule has 2 heterocycles. The molecule has 0 saturated carbocycles. The van der Waals surface area contributed by atoms with Crippen LogP contribution in [-0.4, -0.2) is 47.5 Å². The van der Waals surface area contributed by atoms with E-state index in [1.165, 1.54) is 40.5 Å². The lowest BCUT2D eigenvalue weighted by Gasteiger charge is -2.24. The number of rotatable bonds is 10. The van der Waals surface area contributed by atoms with Crippen LogP contribution in [0.4, 0.5) is 9.52 Å². The maximum Gasteiger partial charge on any atom is 0.254 e. The first-order valence-corrected chi connectivity index (χ1v) is 12.6. The number of halogens is 1. The van der Waals surface area contributed by atoms with E-state index in [0.29, 0.717) is 41.0 Å². The highest BCUT2D eigenvalue weighted by Crippen LogP contribution is 2.32. The van der Waals surface area contributed by atoms with Crippen LogP contribution >= 0.6 is 11.3 Å². The van der Waals surface area contributed by atoms with Gasteiger partial charge in [0.25, 0.3) is 5.91 Å². The van der Waals surface area contributed by atoms with Crippen molar-refractivity contribution in [3.63, 3.8) is 0 Å². The third-order valence-corrected chi connectivity index (χ3v) is 6.17. The fraction of sp³-hybridized carbons (Fsp3) is 0.308. The van der Waals surface area contributed by atoms with Gasteiger partial charge in [-0.1, -0.05) is 19.9 Å². The first-order valence-electron chi connectivity index (χ1n) is 11.7. The number of nitrogens with one attached hydrogen (secondary N) is 2. The third kappa shape index (κ3) is 7.26. The highest BCUT2D eigenvalue weighted by molar-refractivity contribution is 7.13. The normalized spacial score (nSPS) is 11.9. The first kappa shape index (κ1) is 26.1. The summed E-state index contributed by atoms with van der Waals surface area (Å²) in [5.74, 6) is 0.0314. The SMILES string of the molecule is CC(C)CN(CC(=O)Nc1nc(CC(=O)NCc2ccc3c(c2)OCO3)cs1)C(=O)c1ccc(F)cc1. The zero-order chi connectivity index (χ0) is 26.4. The van der Waals surface area contributed by atoms with E-state index in [0.717, 1.165) is 5.56 Å². The van der Waals surface area contributed by atoms with Gasteiger partial charge < -0.3 is 25.0 Å². The van der Waals surface area contributed by atoms with Gasteiger partial charge in [-0.3, -0.25) is 14.4 Å². The van der Waals surface area contributed by atoms with E-state index in [9.17, 15) is 18.8 Å². The summed E-state index contributed by atoms with van der Waals surface area (Å²) in [6.07, 6.45) is 0.0550. The number of anilines is 1. The van der Waals surface area contributed by atoms with Crippen LogP contribution in [-0.2, 0) is 22.6 Å². The molecule has 0 atom stereocenters. The zero-order valence-corrected chi connectivity index (χ0v) is 21.3. The summed E-state index contributed by atoms with van der Waals surface area (Å²) in [5.41, 5.74) is 1.70. The highest BCUT2D eigenvalue weighted by Gasteiger charge is 2.21. The number of fused-ring (bicyclic) bond motifs is 1. The van der Waals surface area contributed by atoms with E-state index in [4.69, 9.17) is 9.47 Å². The molecule has 0 radical (unpaired) electrons. The zero-order valence-electron chi connectivity index (χ0n) is 20.5. The summed E-state index contributed by atoms with van der Waals surface area (Å²) in [6, 6.07) is 10.7. The number of hydrogen-bond acceptors (Lipinski definition) is 7. The molecule has 0 bridgehead atoms. The van der Waals surface area contributed by atoms with Crippen molar-refractivity contribution in [2.45, 2.75) is 26.8 Å². The standard InChI is InChI=1S/C26H27FN4O5S/c1-16(2)12-31(25(34)18-4-6-19(27)7-5-18)13-24(33)30-26-29-20(14-37-26)10-23(32)28-11-17-3-8-21-22(9-17)36-15-35-21/h3-9,14,16H,10-13,15H2,1-2H3,(H,28,32)(H,29,30,33). The van der Waals surface area contributed by atoms with Gasteiger partial charge in [-0.05, 0) is 47.9 Å². The Morgan fingerprint density at radius 3 is 2.59 bits per heavy atom. The Balaban J connectivity index is 1.28. The van der Waals surface area contributed by atoms with Gasteiger partial charge in [0.2, 0.25) is 18.6 Å². The van der Waals surface area contributed by atoms with E-state index in [1.54, 1.807) is 11.4 Å². The Bertz CT molecular complexity index is 1280. The number of benzene rings is 2. The van der Waals surface area contributed by atoms with E-state index >= 15 is 0 Å². The van der Waals surface area contributed by atoms with Crippen LogP contribution in [0, 0.1) is 11.7 Å². The van der Waals surface area contributed by atoms with E-state index in [1.807, 2.05) is 26.0 Å². The van der Waals surface area contributed by atoms with E-state index < -0.39 is 11.7 Å². The van der Waals surface area contributed by atoms with Crippen LogP contribution in [0.15, 0.2) is 47.8 Å². The molecule has 3 amide bonds. The van der Waals surface area contributed by atoms with Crippen LogP contribution < -0.4 is 20.1 Å². The van der Waals surface area contributed by atoms with Crippen molar-refractivity contribution in [3.05, 3.63) is 70.5 Å². The van der Waals surface area contributed by atoms with Gasteiger partial charge in [-0.2, -0.15) is 0 Å². The average molecular weight is 527 g/mol. The number of nitrogens with zero attached hydrogens (tertiary/aromatic N) is 2. The molecule has 0 aliphatic carbocycles. The molecule has 11 heteroatoms. The van der Waals surface area contributed by atoms with Crippen LogP contribution in [0.25, 0.3) is 0 Å². The van der Waals surface area contributed by atoms with Gasteiger partial charge in [0, 0.05) is 24.0 Å². The van der Waals surface area contributed by atoms with Gasteiger partial charge in [0.15, 0.2) is 16.6 Å². The molecule has 1 aromatic heterocycles. The second-order valence-corrected chi connectivity index (χ2v) is 9.78. The van der Waals surface area contributed by atoms with Crippen LogP contribution in [0.1, 0.15) is 35.5 Å². The Kier molecular flexibility index (Phi) is 8.34. The molecule has 1 aliphatic rings. The smallest absolute Gasteiger partial charge is 0.254 e. The third-order valence-electron chi connectivity index (χ3n) is 5.36. The maximum atomic E-state index is 13.2. The van der Waals surface area contributed by atoms with Crippen LogP contribution in [0.3, 0.4) is 0 Å². The largest absolute Gasteiger partial charge is 0.454 e. The minimum atomic E-state index is -0.439. The Labute approximate surface area is 217 Å². The lowest BCUT2D eigenvalue weighted by molar-refractivity contribution is -0.120. The fourth-order valence-corrected chi connectivity index (χ4v) is 4.42. The van der Waals surface area contributed by atoms with Crippen molar-refractivity contribution in [2.75, 3.05) is 25.2 Å². The highest BCUT2D eigenvalue weighted by atomic mass is 32.1. The van der Waals surface area contributed by atoms with Crippen molar-refractivity contribution < 1.29 is 28.2 Å². The Morgan fingerprint density at radius 2 is 1.84 bits per heavy atom. The number of carbonyl (C=O) groups is 3. The minimum absolute atomic E-state index is 0.0550. The molecule has 1 aliphatic heterocycles. The number of thiazole rings is 1. The van der Waals surface area contributed by atoms with Crippen molar-refractivity contribution in [2.24, 2.45) is 5.92 Å². The second kappa shape index (κ2) is 11.8. The maximum absolute atomic E-state index is 13.2. The summed E-state index contributed by atoms with van der Waals surface area (Å²) in [7, 11) is 0. The molecule has 4 rings (SSSR count). The lowest BCUT2D eigenvalue weighted by atomic mass is 10.1. The van der Waals surface area contributed by atoms with Gasteiger partial charge in [0.05, 0.1) is 12.1 Å². The Morgan fingerprint density at radius 1 is 1.08 bits per heavy atom. The molecular formula is C26H27FN4O5S. The molecule has 0 saturated heterocycles. The van der Waals surface area contributed by atoms with Crippen LogP contribution in [0.5, 0.6) is 11.5 Å². The number of aromatic nitrogens is 1. The molecule has 0 unspecified atom stereocenters. The topological polar surface area (TPSA) is 110 Å². The molecule has 194 valence electrons. The predicted molar refractivity (Wildman–Crippen MR) is 136 cm³/mol. The summed E-state index contributed by atoms with van der Waals surface area (Å²) in [5, 5.41) is 7.57. The monoisotopic (exact) mass is 526 g/mol. The Hall–Kier alpha value is -3.99. The molecule has 2 aromatic carbocycles. The summed E-state index contributed by atoms with van der Waals surface area (Å²) < 4.78 is 23.9. The summed E-state index contributed by atoms with van der Waals surface area (Å²) in [6.45, 7) is 4.57.